The monoisotopic (exact) mass is 312 g/mol. The first-order chi connectivity index (χ1) is 10.9. The van der Waals surface area contributed by atoms with Crippen molar-refractivity contribution in [3.05, 3.63) is 65.2 Å². The zero-order valence-corrected chi connectivity index (χ0v) is 13.2. The van der Waals surface area contributed by atoms with E-state index >= 15 is 0 Å². The van der Waals surface area contributed by atoms with Gasteiger partial charge in [-0.2, -0.15) is 0 Å². The summed E-state index contributed by atoms with van der Waals surface area (Å²) >= 11 is 0. The van der Waals surface area contributed by atoms with Crippen molar-refractivity contribution in [2.45, 2.75) is 32.1 Å². The number of benzene rings is 2. The normalized spacial score (nSPS) is 13.3. The molecule has 2 atom stereocenters. The van der Waals surface area contributed by atoms with Crippen molar-refractivity contribution in [3.8, 4) is 5.75 Å². The van der Waals surface area contributed by atoms with Gasteiger partial charge in [-0.05, 0) is 54.7 Å². The minimum atomic E-state index is -0.981. The maximum atomic E-state index is 12.2. The molecular weight excluding hydrogens is 292 g/mol. The van der Waals surface area contributed by atoms with Crippen molar-refractivity contribution < 1.29 is 19.8 Å². The Morgan fingerprint density at radius 2 is 1.70 bits per heavy atom. The van der Waals surface area contributed by atoms with Gasteiger partial charge in [-0.15, -0.1) is 0 Å². The van der Waals surface area contributed by atoms with E-state index in [9.17, 15) is 14.7 Å². The lowest BCUT2D eigenvalue weighted by Crippen LogP contribution is -2.18. The van der Waals surface area contributed by atoms with Crippen LogP contribution in [0.15, 0.2) is 48.5 Å². The number of Topliss-reactive ketones (excluding diaryl/α,β-unsaturated/α-hetero) is 1. The van der Waals surface area contributed by atoms with Crippen LogP contribution in [0.1, 0.15) is 53.6 Å². The third-order valence-electron chi connectivity index (χ3n) is 4.09. The molecule has 0 aliphatic rings. The molecule has 0 spiro atoms. The smallest absolute Gasteiger partial charge is 0.335 e. The molecule has 4 nitrogen and oxygen atoms in total. The predicted molar refractivity (Wildman–Crippen MR) is 88.0 cm³/mol. The summed E-state index contributed by atoms with van der Waals surface area (Å²) in [5.74, 6) is -1.30. The van der Waals surface area contributed by atoms with E-state index in [0.29, 0.717) is 6.42 Å². The van der Waals surface area contributed by atoms with Crippen LogP contribution >= 0.6 is 0 Å². The molecule has 2 unspecified atom stereocenters. The number of aromatic hydroxyl groups is 1. The van der Waals surface area contributed by atoms with Gasteiger partial charge in [0.2, 0.25) is 0 Å². The molecule has 2 aromatic carbocycles. The second kappa shape index (κ2) is 7.09. The van der Waals surface area contributed by atoms with Crippen molar-refractivity contribution in [2.24, 2.45) is 0 Å². The van der Waals surface area contributed by atoms with Crippen LogP contribution < -0.4 is 0 Å². The minimum absolute atomic E-state index is 0.0169. The summed E-state index contributed by atoms with van der Waals surface area (Å²) in [6.45, 7) is 3.52. The number of carboxylic acids is 1. The summed E-state index contributed by atoms with van der Waals surface area (Å²) in [7, 11) is 0. The Hall–Kier alpha value is -2.62. The molecule has 0 heterocycles. The van der Waals surface area contributed by atoms with E-state index < -0.39 is 5.97 Å². The van der Waals surface area contributed by atoms with Crippen LogP contribution in [0, 0.1) is 0 Å². The molecule has 0 bridgehead atoms. The van der Waals surface area contributed by atoms with Crippen molar-refractivity contribution in [1.29, 1.82) is 0 Å². The van der Waals surface area contributed by atoms with Gasteiger partial charge in [0.25, 0.3) is 0 Å². The fourth-order valence-corrected chi connectivity index (χ4v) is 3.00. The molecule has 2 aromatic rings. The number of carbonyl (C=O) groups is 2. The molecule has 2 N–H and O–H groups in total. The second-order valence-corrected chi connectivity index (χ2v) is 5.63. The highest BCUT2D eigenvalue weighted by Crippen LogP contribution is 2.37. The van der Waals surface area contributed by atoms with E-state index in [-0.39, 0.29) is 28.9 Å². The van der Waals surface area contributed by atoms with Crippen molar-refractivity contribution >= 4 is 11.8 Å². The quantitative estimate of drug-likeness (QED) is 0.846. The Bertz CT molecular complexity index is 704. The van der Waals surface area contributed by atoms with Gasteiger partial charge in [0.1, 0.15) is 11.5 Å². The van der Waals surface area contributed by atoms with Gasteiger partial charge in [-0.1, -0.05) is 31.2 Å². The summed E-state index contributed by atoms with van der Waals surface area (Å²) in [6, 6.07) is 13.3. The van der Waals surface area contributed by atoms with E-state index in [2.05, 4.69) is 0 Å². The van der Waals surface area contributed by atoms with E-state index in [1.54, 1.807) is 49.4 Å². The summed E-state index contributed by atoms with van der Waals surface area (Å²) < 4.78 is 0. The number of phenolic OH excluding ortho intramolecular Hbond substituents is 1. The standard InChI is InChI=1S/C19H20O4/c1-3-17(14-5-4-6-15(11-14)19(22)23)18(12(2)20)13-7-9-16(21)10-8-13/h4-11,17-18,21H,3H2,1-2H3,(H,22,23). The molecular formula is C19H20O4. The maximum absolute atomic E-state index is 12.2. The number of carbonyl (C=O) groups excluding carboxylic acids is 1. The highest BCUT2D eigenvalue weighted by Gasteiger charge is 2.27. The van der Waals surface area contributed by atoms with Crippen molar-refractivity contribution in [1.82, 2.24) is 0 Å². The lowest BCUT2D eigenvalue weighted by Gasteiger charge is -2.25. The van der Waals surface area contributed by atoms with E-state index in [1.165, 1.54) is 0 Å². The number of hydrogen-bond acceptors (Lipinski definition) is 3. The van der Waals surface area contributed by atoms with Gasteiger partial charge in [-0.25, -0.2) is 4.79 Å². The lowest BCUT2D eigenvalue weighted by atomic mass is 9.77. The maximum Gasteiger partial charge on any atom is 0.335 e. The average molecular weight is 312 g/mol. The highest BCUT2D eigenvalue weighted by molar-refractivity contribution is 5.88. The Kier molecular flexibility index (Phi) is 5.16. The molecule has 0 saturated carbocycles. The molecule has 0 saturated heterocycles. The summed E-state index contributed by atoms with van der Waals surface area (Å²) in [5, 5.41) is 18.6. The first-order valence-corrected chi connectivity index (χ1v) is 7.56. The number of phenols is 1. The molecule has 0 radical (unpaired) electrons. The SMILES string of the molecule is CCC(c1cccc(C(=O)O)c1)C(C(C)=O)c1ccc(O)cc1. The molecule has 0 aromatic heterocycles. The zero-order valence-electron chi connectivity index (χ0n) is 13.2. The largest absolute Gasteiger partial charge is 0.508 e. The second-order valence-electron chi connectivity index (χ2n) is 5.63. The van der Waals surface area contributed by atoms with Crippen LogP contribution in [0.4, 0.5) is 0 Å². The highest BCUT2D eigenvalue weighted by atomic mass is 16.4. The van der Waals surface area contributed by atoms with Gasteiger partial charge in [0.05, 0.1) is 5.56 Å². The minimum Gasteiger partial charge on any atom is -0.508 e. The van der Waals surface area contributed by atoms with Gasteiger partial charge in [0.15, 0.2) is 0 Å². The van der Waals surface area contributed by atoms with E-state index in [4.69, 9.17) is 5.11 Å². The summed E-state index contributed by atoms with van der Waals surface area (Å²) in [4.78, 5) is 23.4. The van der Waals surface area contributed by atoms with Gasteiger partial charge >= 0.3 is 5.97 Å². The molecule has 0 aliphatic carbocycles. The number of carboxylic acid groups (broad SMARTS) is 1. The summed E-state index contributed by atoms with van der Waals surface area (Å²) in [5.41, 5.74) is 1.87. The van der Waals surface area contributed by atoms with Crippen LogP contribution in [-0.2, 0) is 4.79 Å². The van der Waals surface area contributed by atoms with E-state index in [1.807, 2.05) is 13.0 Å². The Morgan fingerprint density at radius 3 is 2.22 bits per heavy atom. The lowest BCUT2D eigenvalue weighted by molar-refractivity contribution is -0.119. The molecule has 0 amide bonds. The van der Waals surface area contributed by atoms with Crippen LogP contribution in [0.3, 0.4) is 0 Å². The zero-order chi connectivity index (χ0) is 17.0. The predicted octanol–water partition coefficient (Wildman–Crippen LogP) is 3.96. The number of aromatic carboxylic acids is 1. The van der Waals surface area contributed by atoms with E-state index in [0.717, 1.165) is 11.1 Å². The van der Waals surface area contributed by atoms with Crippen LogP contribution in [0.2, 0.25) is 0 Å². The topological polar surface area (TPSA) is 74.6 Å². The molecule has 120 valence electrons. The number of hydrogen-bond donors (Lipinski definition) is 2. The molecule has 4 heteroatoms. The van der Waals surface area contributed by atoms with Crippen LogP contribution in [-0.4, -0.2) is 22.0 Å². The number of ketones is 1. The third-order valence-corrected chi connectivity index (χ3v) is 4.09. The fourth-order valence-electron chi connectivity index (χ4n) is 3.00. The van der Waals surface area contributed by atoms with Crippen LogP contribution in [0.25, 0.3) is 0 Å². The van der Waals surface area contributed by atoms with Gasteiger partial charge in [-0.3, -0.25) is 4.79 Å². The molecule has 0 aliphatic heterocycles. The first-order valence-electron chi connectivity index (χ1n) is 7.56. The van der Waals surface area contributed by atoms with Crippen molar-refractivity contribution in [3.63, 3.8) is 0 Å². The number of rotatable bonds is 6. The summed E-state index contributed by atoms with van der Waals surface area (Å²) in [6.07, 6.45) is 0.703. The molecule has 2 rings (SSSR count). The molecule has 23 heavy (non-hydrogen) atoms. The van der Waals surface area contributed by atoms with Crippen LogP contribution in [0.5, 0.6) is 5.75 Å². The van der Waals surface area contributed by atoms with Gasteiger partial charge < -0.3 is 10.2 Å². The Balaban J connectivity index is 2.47. The third kappa shape index (κ3) is 3.77. The van der Waals surface area contributed by atoms with Crippen molar-refractivity contribution in [2.75, 3.05) is 0 Å². The molecule has 0 fully saturated rings. The first kappa shape index (κ1) is 16.7. The Morgan fingerprint density at radius 1 is 1.04 bits per heavy atom. The fraction of sp³-hybridized carbons (Fsp3) is 0.263. The average Bonchev–Trinajstić information content (AvgIpc) is 2.53. The van der Waals surface area contributed by atoms with Gasteiger partial charge in [0, 0.05) is 5.92 Å². The Labute approximate surface area is 135 Å².